The number of benzene rings is 1. The number of aliphatic carboxylic acids is 1. The molecule has 198 valence electrons. The third-order valence-electron chi connectivity index (χ3n) is 6.80. The van der Waals surface area contributed by atoms with E-state index in [1.165, 1.54) is 23.5 Å². The Balaban J connectivity index is 2.17. The van der Waals surface area contributed by atoms with Gasteiger partial charge in [-0.25, -0.2) is 9.18 Å². The van der Waals surface area contributed by atoms with Crippen molar-refractivity contribution < 1.29 is 28.6 Å². The molecule has 0 aliphatic carbocycles. The van der Waals surface area contributed by atoms with E-state index in [2.05, 4.69) is 5.32 Å². The van der Waals surface area contributed by atoms with Gasteiger partial charge in [0.15, 0.2) is 11.6 Å². The van der Waals surface area contributed by atoms with Crippen molar-refractivity contribution in [2.24, 2.45) is 22.8 Å². The lowest BCUT2D eigenvalue weighted by Gasteiger charge is -2.33. The third kappa shape index (κ3) is 7.35. The number of nitrogens with two attached hydrogens (primary N) is 2. The van der Waals surface area contributed by atoms with Crippen LogP contribution < -0.4 is 21.5 Å². The Labute approximate surface area is 215 Å². The van der Waals surface area contributed by atoms with Crippen LogP contribution in [0.5, 0.6) is 5.75 Å². The fraction of sp³-hybridized carbons (Fsp3) is 0.500. The molecular formula is C26H36FN3O5S. The molecule has 0 bridgehead atoms. The van der Waals surface area contributed by atoms with Gasteiger partial charge < -0.3 is 26.6 Å². The second kappa shape index (κ2) is 12.9. The molecule has 10 heteroatoms. The minimum Gasteiger partial charge on any atom is -0.481 e. The van der Waals surface area contributed by atoms with Crippen molar-refractivity contribution in [3.63, 3.8) is 0 Å². The Kier molecular flexibility index (Phi) is 10.6. The molecule has 2 rings (SSSR count). The van der Waals surface area contributed by atoms with E-state index >= 15 is 0 Å². The van der Waals surface area contributed by atoms with Crippen molar-refractivity contribution in [3.05, 3.63) is 51.5 Å². The van der Waals surface area contributed by atoms with Crippen LogP contribution in [-0.2, 0) is 16.0 Å². The van der Waals surface area contributed by atoms with Gasteiger partial charge in [0, 0.05) is 10.9 Å². The van der Waals surface area contributed by atoms with Gasteiger partial charge in [-0.2, -0.15) is 0 Å². The molecule has 36 heavy (non-hydrogen) atoms. The molecule has 0 fully saturated rings. The quantitative estimate of drug-likeness (QED) is 0.174. The number of hydrogen-bond donors (Lipinski definition) is 4. The standard InChI is InChI=1S/C26H36FN3O5S/c1-5-15(4)19(13-22(31)32)30-25(34)26(6-2,7-3)14-17-9-11-21(36-17)24(33)35-20-10-8-16(23(28)29)12-18(20)27/h8-12,15,19,23H,5-7,13-14,28-29H2,1-4H3,(H,30,34)(H,31,32)/t15?,19-/m1/s1. The predicted octanol–water partition coefficient (Wildman–Crippen LogP) is 4.38. The van der Waals surface area contributed by atoms with Crippen molar-refractivity contribution >= 4 is 29.2 Å². The smallest absolute Gasteiger partial charge is 0.353 e. The first-order valence-electron chi connectivity index (χ1n) is 12.1. The summed E-state index contributed by atoms with van der Waals surface area (Å²) in [6.07, 6.45) is 1.20. The fourth-order valence-corrected chi connectivity index (χ4v) is 4.99. The SMILES string of the molecule is CCC(C)[C@@H](CC(=O)O)NC(=O)C(CC)(CC)Cc1ccc(C(=O)Oc2ccc(C(N)N)cc2F)s1. The van der Waals surface area contributed by atoms with Crippen molar-refractivity contribution in [3.8, 4) is 5.75 Å². The molecule has 6 N–H and O–H groups in total. The average Bonchev–Trinajstić information content (AvgIpc) is 3.30. The summed E-state index contributed by atoms with van der Waals surface area (Å²) in [5.74, 6) is -2.84. The molecule has 1 aromatic heterocycles. The normalized spacial score (nSPS) is 13.3. The van der Waals surface area contributed by atoms with Crippen LogP contribution >= 0.6 is 11.3 Å². The van der Waals surface area contributed by atoms with Crippen LogP contribution in [0.2, 0.25) is 0 Å². The van der Waals surface area contributed by atoms with Crippen molar-refractivity contribution in [1.82, 2.24) is 5.32 Å². The first-order chi connectivity index (χ1) is 17.0. The molecular weight excluding hydrogens is 485 g/mol. The number of nitrogens with one attached hydrogen (secondary N) is 1. The number of thiophene rings is 1. The summed E-state index contributed by atoms with van der Waals surface area (Å²) in [7, 11) is 0. The van der Waals surface area contributed by atoms with Crippen LogP contribution in [0.1, 0.15) is 79.7 Å². The molecule has 0 saturated carbocycles. The Morgan fingerprint density at radius 2 is 1.81 bits per heavy atom. The monoisotopic (exact) mass is 521 g/mol. The first-order valence-corrected chi connectivity index (χ1v) is 12.9. The van der Waals surface area contributed by atoms with Crippen LogP contribution in [0, 0.1) is 17.2 Å². The largest absolute Gasteiger partial charge is 0.481 e. The number of carboxylic acids is 1. The molecule has 0 radical (unpaired) electrons. The Morgan fingerprint density at radius 3 is 2.33 bits per heavy atom. The minimum absolute atomic E-state index is 0.00891. The van der Waals surface area contributed by atoms with Crippen LogP contribution in [0.25, 0.3) is 0 Å². The predicted molar refractivity (Wildman–Crippen MR) is 137 cm³/mol. The summed E-state index contributed by atoms with van der Waals surface area (Å²) in [4.78, 5) is 38.4. The highest BCUT2D eigenvalue weighted by atomic mass is 32.1. The first kappa shape index (κ1) is 29.4. The number of carbonyl (C=O) groups is 3. The number of hydrogen-bond acceptors (Lipinski definition) is 7. The lowest BCUT2D eigenvalue weighted by atomic mass is 9.77. The summed E-state index contributed by atoms with van der Waals surface area (Å²) in [6.45, 7) is 7.71. The molecule has 0 aliphatic rings. The second-order valence-electron chi connectivity index (χ2n) is 9.10. The van der Waals surface area contributed by atoms with Crippen molar-refractivity contribution in [2.75, 3.05) is 0 Å². The van der Waals surface area contributed by atoms with Crippen LogP contribution in [0.3, 0.4) is 0 Å². The van der Waals surface area contributed by atoms with Gasteiger partial charge >= 0.3 is 11.9 Å². The molecule has 2 aromatic rings. The molecule has 8 nitrogen and oxygen atoms in total. The molecule has 1 unspecified atom stereocenters. The van der Waals surface area contributed by atoms with Crippen molar-refractivity contribution in [1.29, 1.82) is 0 Å². The zero-order chi connectivity index (χ0) is 27.0. The number of ether oxygens (including phenoxy) is 1. The molecule has 1 amide bonds. The number of halogens is 1. The Morgan fingerprint density at radius 1 is 1.14 bits per heavy atom. The lowest BCUT2D eigenvalue weighted by Crippen LogP contribution is -2.49. The Hall–Kier alpha value is -2.82. The molecule has 2 atom stereocenters. The summed E-state index contributed by atoms with van der Waals surface area (Å²) in [6, 6.07) is 6.79. The zero-order valence-corrected chi connectivity index (χ0v) is 22.0. The summed E-state index contributed by atoms with van der Waals surface area (Å²) < 4.78 is 19.5. The van der Waals surface area contributed by atoms with Gasteiger partial charge in [0.25, 0.3) is 0 Å². The molecule has 0 aliphatic heterocycles. The molecule has 1 aromatic carbocycles. The maximum absolute atomic E-state index is 14.3. The summed E-state index contributed by atoms with van der Waals surface area (Å²) >= 11 is 1.18. The summed E-state index contributed by atoms with van der Waals surface area (Å²) in [5.41, 5.74) is 10.7. The van der Waals surface area contributed by atoms with E-state index in [4.69, 9.17) is 16.2 Å². The van der Waals surface area contributed by atoms with E-state index in [1.807, 2.05) is 27.7 Å². The maximum atomic E-state index is 14.3. The van der Waals surface area contributed by atoms with Gasteiger partial charge in [-0.3, -0.25) is 9.59 Å². The van der Waals surface area contributed by atoms with Crippen LogP contribution in [0.15, 0.2) is 30.3 Å². The highest BCUT2D eigenvalue weighted by Gasteiger charge is 2.37. The maximum Gasteiger partial charge on any atom is 0.353 e. The second-order valence-corrected chi connectivity index (χ2v) is 10.3. The van der Waals surface area contributed by atoms with Gasteiger partial charge in [-0.1, -0.05) is 40.2 Å². The van der Waals surface area contributed by atoms with E-state index in [0.717, 1.165) is 17.4 Å². The number of carboxylic acid groups (broad SMARTS) is 1. The topological polar surface area (TPSA) is 145 Å². The number of amides is 1. The third-order valence-corrected chi connectivity index (χ3v) is 7.86. The number of rotatable bonds is 13. The van der Waals surface area contributed by atoms with Gasteiger partial charge in [0.05, 0.1) is 18.0 Å². The molecule has 1 heterocycles. The van der Waals surface area contributed by atoms with E-state index in [0.29, 0.717) is 24.8 Å². The number of carbonyl (C=O) groups excluding carboxylic acids is 2. The van der Waals surface area contributed by atoms with Gasteiger partial charge in [0.2, 0.25) is 5.91 Å². The van der Waals surface area contributed by atoms with Gasteiger partial charge in [-0.05, 0) is 55.0 Å². The number of esters is 1. The van der Waals surface area contributed by atoms with E-state index < -0.39 is 35.4 Å². The van der Waals surface area contributed by atoms with Gasteiger partial charge in [0.1, 0.15) is 4.88 Å². The minimum atomic E-state index is -0.961. The highest BCUT2D eigenvalue weighted by Crippen LogP contribution is 2.35. The Bertz CT molecular complexity index is 1070. The molecule has 0 spiro atoms. The molecule has 0 saturated heterocycles. The van der Waals surface area contributed by atoms with Crippen LogP contribution in [0.4, 0.5) is 4.39 Å². The van der Waals surface area contributed by atoms with E-state index in [1.54, 1.807) is 12.1 Å². The lowest BCUT2D eigenvalue weighted by molar-refractivity contribution is -0.139. The highest BCUT2D eigenvalue weighted by molar-refractivity contribution is 7.14. The average molecular weight is 522 g/mol. The van der Waals surface area contributed by atoms with E-state index in [-0.39, 0.29) is 28.9 Å². The van der Waals surface area contributed by atoms with Gasteiger partial charge in [-0.15, -0.1) is 11.3 Å². The van der Waals surface area contributed by atoms with Crippen LogP contribution in [-0.4, -0.2) is 29.0 Å². The fourth-order valence-electron chi connectivity index (χ4n) is 3.96. The zero-order valence-electron chi connectivity index (χ0n) is 21.2. The van der Waals surface area contributed by atoms with Crippen molar-refractivity contribution in [2.45, 2.75) is 72.0 Å². The van der Waals surface area contributed by atoms with E-state index in [9.17, 15) is 23.9 Å². The summed E-state index contributed by atoms with van der Waals surface area (Å²) in [5, 5.41) is 12.3.